The highest BCUT2D eigenvalue weighted by Crippen LogP contribution is 2.21. The van der Waals surface area contributed by atoms with Gasteiger partial charge in [0.05, 0.1) is 5.52 Å². The molecule has 1 N–H and O–H groups in total. The fraction of sp³-hybridized carbons (Fsp3) is 0.471. The summed E-state index contributed by atoms with van der Waals surface area (Å²) in [5.74, 6) is 1.78. The van der Waals surface area contributed by atoms with Gasteiger partial charge >= 0.3 is 0 Å². The van der Waals surface area contributed by atoms with E-state index in [-0.39, 0.29) is 0 Å². The highest BCUT2D eigenvalue weighted by molar-refractivity contribution is 5.81. The van der Waals surface area contributed by atoms with Gasteiger partial charge in [-0.15, -0.1) is 0 Å². The van der Waals surface area contributed by atoms with Crippen molar-refractivity contribution in [2.45, 2.75) is 19.8 Å². The number of anilines is 1. The van der Waals surface area contributed by atoms with Gasteiger partial charge < -0.3 is 10.2 Å². The van der Waals surface area contributed by atoms with Crippen LogP contribution < -0.4 is 5.32 Å². The van der Waals surface area contributed by atoms with Crippen LogP contribution in [-0.4, -0.2) is 36.6 Å². The van der Waals surface area contributed by atoms with Gasteiger partial charge in [0.25, 0.3) is 0 Å². The topological polar surface area (TPSA) is 28.2 Å². The summed E-state index contributed by atoms with van der Waals surface area (Å²) >= 11 is 0. The number of para-hydroxylation sites is 1. The first-order chi connectivity index (χ1) is 9.72. The van der Waals surface area contributed by atoms with Gasteiger partial charge in [-0.2, -0.15) is 0 Å². The normalized spacial score (nSPS) is 20.2. The van der Waals surface area contributed by atoms with Crippen LogP contribution in [0.1, 0.15) is 18.4 Å². The molecule has 2 heterocycles. The molecule has 20 heavy (non-hydrogen) atoms. The number of piperidine rings is 1. The lowest BCUT2D eigenvalue weighted by atomic mass is 9.98. The molecule has 1 aromatic heterocycles. The lowest BCUT2D eigenvalue weighted by Crippen LogP contribution is -2.35. The smallest absolute Gasteiger partial charge is 0.129 e. The lowest BCUT2D eigenvalue weighted by Gasteiger charge is -2.30. The predicted molar refractivity (Wildman–Crippen MR) is 85.2 cm³/mol. The first-order valence-corrected chi connectivity index (χ1v) is 7.51. The molecule has 1 saturated heterocycles. The van der Waals surface area contributed by atoms with Gasteiger partial charge in [-0.25, -0.2) is 4.98 Å². The SMILES string of the molecule is Cc1cc2ccccc2nc1NCC1CCCN(C)C1. The quantitative estimate of drug-likeness (QED) is 0.926. The van der Waals surface area contributed by atoms with Crippen molar-refractivity contribution in [3.05, 3.63) is 35.9 Å². The van der Waals surface area contributed by atoms with E-state index >= 15 is 0 Å². The highest BCUT2D eigenvalue weighted by Gasteiger charge is 2.17. The van der Waals surface area contributed by atoms with Gasteiger partial charge in [-0.05, 0) is 57.0 Å². The van der Waals surface area contributed by atoms with Crippen LogP contribution in [0.4, 0.5) is 5.82 Å². The number of nitrogens with zero attached hydrogens (tertiary/aromatic N) is 2. The van der Waals surface area contributed by atoms with Crippen LogP contribution in [0.3, 0.4) is 0 Å². The minimum absolute atomic E-state index is 0.737. The number of benzene rings is 1. The molecule has 1 aliphatic rings. The first kappa shape index (κ1) is 13.4. The Morgan fingerprint density at radius 3 is 3.05 bits per heavy atom. The minimum Gasteiger partial charge on any atom is -0.370 e. The summed E-state index contributed by atoms with van der Waals surface area (Å²) in [4.78, 5) is 7.18. The summed E-state index contributed by atoms with van der Waals surface area (Å²) in [6, 6.07) is 10.5. The van der Waals surface area contributed by atoms with Gasteiger partial charge in [0.15, 0.2) is 0 Å². The van der Waals surface area contributed by atoms with Crippen LogP contribution in [0.25, 0.3) is 10.9 Å². The van der Waals surface area contributed by atoms with E-state index in [2.05, 4.69) is 48.5 Å². The molecule has 0 radical (unpaired) electrons. The van der Waals surface area contributed by atoms with E-state index in [0.717, 1.165) is 23.8 Å². The lowest BCUT2D eigenvalue weighted by molar-refractivity contribution is 0.217. The first-order valence-electron chi connectivity index (χ1n) is 7.51. The Morgan fingerprint density at radius 2 is 2.20 bits per heavy atom. The average molecular weight is 269 g/mol. The molecule has 3 heteroatoms. The molecule has 0 amide bonds. The van der Waals surface area contributed by atoms with Crippen LogP contribution in [0.2, 0.25) is 0 Å². The Hall–Kier alpha value is -1.61. The number of rotatable bonds is 3. The summed E-state index contributed by atoms with van der Waals surface area (Å²) in [5.41, 5.74) is 2.30. The molecule has 2 aromatic rings. The Morgan fingerprint density at radius 1 is 1.35 bits per heavy atom. The summed E-state index contributed by atoms with van der Waals surface area (Å²) in [6.45, 7) is 5.59. The van der Waals surface area contributed by atoms with Crippen LogP contribution in [0.15, 0.2) is 30.3 Å². The second-order valence-corrected chi connectivity index (χ2v) is 6.00. The Kier molecular flexibility index (Phi) is 3.88. The molecule has 0 spiro atoms. The van der Waals surface area contributed by atoms with Crippen LogP contribution in [0, 0.1) is 12.8 Å². The van der Waals surface area contributed by atoms with E-state index in [1.807, 2.05) is 6.07 Å². The van der Waals surface area contributed by atoms with Crippen molar-refractivity contribution in [1.82, 2.24) is 9.88 Å². The van der Waals surface area contributed by atoms with Gasteiger partial charge in [0.1, 0.15) is 5.82 Å². The summed E-state index contributed by atoms with van der Waals surface area (Å²) in [7, 11) is 2.21. The predicted octanol–water partition coefficient (Wildman–Crippen LogP) is 3.30. The molecule has 1 aliphatic heterocycles. The molecule has 3 nitrogen and oxygen atoms in total. The Labute approximate surface area is 121 Å². The van der Waals surface area contributed by atoms with Crippen molar-refractivity contribution in [3.8, 4) is 0 Å². The van der Waals surface area contributed by atoms with Crippen molar-refractivity contribution in [2.75, 3.05) is 32.0 Å². The fourth-order valence-electron chi connectivity index (χ4n) is 3.08. The van der Waals surface area contributed by atoms with Gasteiger partial charge in [0.2, 0.25) is 0 Å². The number of hydrogen-bond donors (Lipinski definition) is 1. The monoisotopic (exact) mass is 269 g/mol. The van der Waals surface area contributed by atoms with Crippen molar-refractivity contribution >= 4 is 16.7 Å². The highest BCUT2D eigenvalue weighted by atomic mass is 15.1. The van der Waals surface area contributed by atoms with E-state index in [1.165, 1.54) is 36.9 Å². The molecule has 0 saturated carbocycles. The molecular weight excluding hydrogens is 246 g/mol. The molecular formula is C17H23N3. The summed E-state index contributed by atoms with van der Waals surface area (Å²) in [5, 5.41) is 4.77. The molecule has 1 unspecified atom stereocenters. The maximum absolute atomic E-state index is 4.75. The maximum Gasteiger partial charge on any atom is 0.129 e. The third-order valence-electron chi connectivity index (χ3n) is 4.19. The zero-order chi connectivity index (χ0) is 13.9. The number of nitrogens with one attached hydrogen (secondary N) is 1. The van der Waals surface area contributed by atoms with Gasteiger partial charge in [0, 0.05) is 18.5 Å². The van der Waals surface area contributed by atoms with Crippen molar-refractivity contribution in [2.24, 2.45) is 5.92 Å². The number of pyridine rings is 1. The van der Waals surface area contributed by atoms with E-state index in [1.54, 1.807) is 0 Å². The molecule has 1 aromatic carbocycles. The molecule has 3 rings (SSSR count). The van der Waals surface area contributed by atoms with Gasteiger partial charge in [-0.1, -0.05) is 18.2 Å². The Bertz CT molecular complexity index is 594. The largest absolute Gasteiger partial charge is 0.370 e. The van der Waals surface area contributed by atoms with Crippen LogP contribution in [0.5, 0.6) is 0 Å². The van der Waals surface area contributed by atoms with E-state index in [4.69, 9.17) is 4.98 Å². The number of fused-ring (bicyclic) bond motifs is 1. The zero-order valence-electron chi connectivity index (χ0n) is 12.4. The maximum atomic E-state index is 4.75. The minimum atomic E-state index is 0.737. The number of aryl methyl sites for hydroxylation is 1. The number of aromatic nitrogens is 1. The van der Waals surface area contributed by atoms with Crippen molar-refractivity contribution in [1.29, 1.82) is 0 Å². The van der Waals surface area contributed by atoms with Crippen molar-refractivity contribution < 1.29 is 0 Å². The summed E-state index contributed by atoms with van der Waals surface area (Å²) in [6.07, 6.45) is 2.64. The zero-order valence-corrected chi connectivity index (χ0v) is 12.4. The van der Waals surface area contributed by atoms with Crippen LogP contribution in [-0.2, 0) is 0 Å². The average Bonchev–Trinajstić information content (AvgIpc) is 2.45. The Balaban J connectivity index is 1.72. The fourth-order valence-corrected chi connectivity index (χ4v) is 3.08. The van der Waals surface area contributed by atoms with Crippen molar-refractivity contribution in [3.63, 3.8) is 0 Å². The molecule has 1 fully saturated rings. The van der Waals surface area contributed by atoms with Gasteiger partial charge in [-0.3, -0.25) is 0 Å². The number of likely N-dealkylation sites (tertiary alicyclic amines) is 1. The molecule has 1 atom stereocenters. The molecule has 106 valence electrons. The van der Waals surface area contributed by atoms with E-state index in [0.29, 0.717) is 0 Å². The third kappa shape index (κ3) is 2.93. The molecule has 0 aliphatic carbocycles. The van der Waals surface area contributed by atoms with E-state index in [9.17, 15) is 0 Å². The third-order valence-corrected chi connectivity index (χ3v) is 4.19. The number of hydrogen-bond acceptors (Lipinski definition) is 3. The second kappa shape index (κ2) is 5.80. The molecule has 0 bridgehead atoms. The second-order valence-electron chi connectivity index (χ2n) is 6.00. The van der Waals surface area contributed by atoms with Crippen LogP contribution >= 0.6 is 0 Å². The van der Waals surface area contributed by atoms with E-state index < -0.39 is 0 Å². The standard InChI is InChI=1S/C17H23N3/c1-13-10-15-7-3-4-8-16(15)19-17(13)18-11-14-6-5-9-20(2)12-14/h3-4,7-8,10,14H,5-6,9,11-12H2,1-2H3,(H,18,19). The summed E-state index contributed by atoms with van der Waals surface area (Å²) < 4.78 is 0.